The standard InChI is InChI=1S/C14H19ClN2O/c1-10-11(15)4-2-5-12(10)17-13(18)8-14(9-16)6-3-7-14/h2,4-5H,3,6-9,16H2,1H3,(H,17,18). The van der Waals surface area contributed by atoms with Gasteiger partial charge in [-0.1, -0.05) is 24.1 Å². The van der Waals surface area contributed by atoms with Gasteiger partial charge in [-0.2, -0.15) is 0 Å². The lowest BCUT2D eigenvalue weighted by atomic mass is 9.66. The summed E-state index contributed by atoms with van der Waals surface area (Å²) in [5.41, 5.74) is 7.50. The van der Waals surface area contributed by atoms with Crippen LogP contribution in [0.1, 0.15) is 31.2 Å². The Morgan fingerprint density at radius 1 is 1.50 bits per heavy atom. The van der Waals surface area contributed by atoms with Crippen molar-refractivity contribution in [3.8, 4) is 0 Å². The number of hydrogen-bond donors (Lipinski definition) is 2. The summed E-state index contributed by atoms with van der Waals surface area (Å²) in [6.45, 7) is 2.49. The lowest BCUT2D eigenvalue weighted by Crippen LogP contribution is -2.40. The Hall–Kier alpha value is -1.06. The molecule has 98 valence electrons. The lowest BCUT2D eigenvalue weighted by Gasteiger charge is -2.40. The summed E-state index contributed by atoms with van der Waals surface area (Å²) in [7, 11) is 0. The van der Waals surface area contributed by atoms with Gasteiger partial charge in [-0.15, -0.1) is 0 Å². The highest BCUT2D eigenvalue weighted by molar-refractivity contribution is 6.31. The van der Waals surface area contributed by atoms with E-state index in [1.807, 2.05) is 25.1 Å². The van der Waals surface area contributed by atoms with Crippen molar-refractivity contribution in [1.82, 2.24) is 0 Å². The Kier molecular flexibility index (Phi) is 3.93. The van der Waals surface area contributed by atoms with E-state index in [9.17, 15) is 4.79 Å². The van der Waals surface area contributed by atoms with Gasteiger partial charge in [-0.05, 0) is 49.4 Å². The molecule has 3 nitrogen and oxygen atoms in total. The molecule has 1 saturated carbocycles. The molecular formula is C14H19ClN2O. The summed E-state index contributed by atoms with van der Waals surface area (Å²) in [5.74, 6) is 0.0329. The highest BCUT2D eigenvalue weighted by Crippen LogP contribution is 2.43. The van der Waals surface area contributed by atoms with Crippen LogP contribution in [0.3, 0.4) is 0 Å². The van der Waals surface area contributed by atoms with Crippen molar-refractivity contribution >= 4 is 23.2 Å². The van der Waals surface area contributed by atoms with Gasteiger partial charge >= 0.3 is 0 Å². The molecule has 1 fully saturated rings. The number of carbonyl (C=O) groups is 1. The number of hydrogen-bond acceptors (Lipinski definition) is 2. The number of anilines is 1. The third-order valence-corrected chi connectivity index (χ3v) is 4.33. The molecule has 18 heavy (non-hydrogen) atoms. The zero-order valence-corrected chi connectivity index (χ0v) is 11.4. The minimum Gasteiger partial charge on any atom is -0.330 e. The van der Waals surface area contributed by atoms with E-state index in [-0.39, 0.29) is 11.3 Å². The molecule has 0 atom stereocenters. The maximum atomic E-state index is 12.0. The topological polar surface area (TPSA) is 55.1 Å². The van der Waals surface area contributed by atoms with E-state index in [2.05, 4.69) is 5.32 Å². The third kappa shape index (κ3) is 2.68. The highest BCUT2D eigenvalue weighted by atomic mass is 35.5. The van der Waals surface area contributed by atoms with E-state index < -0.39 is 0 Å². The number of halogens is 1. The molecule has 1 amide bonds. The SMILES string of the molecule is Cc1c(Cl)cccc1NC(=O)CC1(CN)CCC1. The molecule has 0 aliphatic heterocycles. The number of nitrogens with two attached hydrogens (primary N) is 1. The Morgan fingerprint density at radius 2 is 2.22 bits per heavy atom. The fourth-order valence-electron chi connectivity index (χ4n) is 2.41. The Bertz CT molecular complexity index is 450. The van der Waals surface area contributed by atoms with E-state index in [0.717, 1.165) is 24.1 Å². The van der Waals surface area contributed by atoms with Crippen LogP contribution in [0, 0.1) is 12.3 Å². The molecule has 4 heteroatoms. The lowest BCUT2D eigenvalue weighted by molar-refractivity contribution is -0.119. The van der Waals surface area contributed by atoms with E-state index in [0.29, 0.717) is 18.0 Å². The summed E-state index contributed by atoms with van der Waals surface area (Å²) in [5, 5.41) is 3.60. The predicted molar refractivity (Wildman–Crippen MR) is 74.8 cm³/mol. The van der Waals surface area contributed by atoms with Gasteiger partial charge < -0.3 is 11.1 Å². The van der Waals surface area contributed by atoms with Crippen molar-refractivity contribution in [3.63, 3.8) is 0 Å². The smallest absolute Gasteiger partial charge is 0.224 e. The van der Waals surface area contributed by atoms with Crippen molar-refractivity contribution in [1.29, 1.82) is 0 Å². The van der Waals surface area contributed by atoms with Crippen molar-refractivity contribution in [2.45, 2.75) is 32.6 Å². The number of carbonyl (C=O) groups excluding carboxylic acids is 1. The zero-order valence-electron chi connectivity index (χ0n) is 10.6. The molecular weight excluding hydrogens is 248 g/mol. The molecule has 0 unspecified atom stereocenters. The molecule has 1 aromatic rings. The highest BCUT2D eigenvalue weighted by Gasteiger charge is 2.37. The minimum atomic E-state index is 0.0329. The van der Waals surface area contributed by atoms with Gasteiger partial charge in [-0.3, -0.25) is 4.79 Å². The average Bonchev–Trinajstić information content (AvgIpc) is 2.30. The second-order valence-electron chi connectivity index (χ2n) is 5.20. The van der Waals surface area contributed by atoms with Crippen molar-refractivity contribution in [2.24, 2.45) is 11.1 Å². The predicted octanol–water partition coefficient (Wildman–Crippen LogP) is 3.11. The van der Waals surface area contributed by atoms with E-state index in [1.165, 1.54) is 6.42 Å². The molecule has 2 rings (SSSR count). The second-order valence-corrected chi connectivity index (χ2v) is 5.60. The van der Waals surface area contributed by atoms with Crippen LogP contribution in [-0.2, 0) is 4.79 Å². The summed E-state index contributed by atoms with van der Waals surface area (Å²) < 4.78 is 0. The van der Waals surface area contributed by atoms with Crippen LogP contribution >= 0.6 is 11.6 Å². The van der Waals surface area contributed by atoms with Crippen LogP contribution in [0.25, 0.3) is 0 Å². The summed E-state index contributed by atoms with van der Waals surface area (Å²) in [6.07, 6.45) is 3.81. The fraction of sp³-hybridized carbons (Fsp3) is 0.500. The van der Waals surface area contributed by atoms with Crippen LogP contribution in [0.4, 0.5) is 5.69 Å². The summed E-state index contributed by atoms with van der Waals surface area (Å²) >= 11 is 6.02. The molecule has 1 aliphatic rings. The normalized spacial score (nSPS) is 17.1. The maximum Gasteiger partial charge on any atom is 0.224 e. The van der Waals surface area contributed by atoms with Crippen molar-refractivity contribution in [2.75, 3.05) is 11.9 Å². The minimum absolute atomic E-state index is 0.0329. The Balaban J connectivity index is 2.01. The molecule has 0 heterocycles. The molecule has 3 N–H and O–H groups in total. The van der Waals surface area contributed by atoms with Crippen LogP contribution in [0.15, 0.2) is 18.2 Å². The van der Waals surface area contributed by atoms with Crippen LogP contribution in [0.2, 0.25) is 5.02 Å². The van der Waals surface area contributed by atoms with E-state index in [1.54, 1.807) is 0 Å². The molecule has 1 aromatic carbocycles. The first-order chi connectivity index (χ1) is 8.56. The first-order valence-electron chi connectivity index (χ1n) is 6.31. The van der Waals surface area contributed by atoms with Crippen molar-refractivity contribution in [3.05, 3.63) is 28.8 Å². The molecule has 1 aliphatic carbocycles. The van der Waals surface area contributed by atoms with Gasteiger partial charge in [-0.25, -0.2) is 0 Å². The quantitative estimate of drug-likeness (QED) is 0.880. The first-order valence-corrected chi connectivity index (χ1v) is 6.69. The monoisotopic (exact) mass is 266 g/mol. The van der Waals surface area contributed by atoms with E-state index >= 15 is 0 Å². The molecule has 0 radical (unpaired) electrons. The Morgan fingerprint density at radius 3 is 2.78 bits per heavy atom. The first kappa shape index (κ1) is 13.4. The summed E-state index contributed by atoms with van der Waals surface area (Å²) in [4.78, 5) is 12.0. The van der Waals surface area contributed by atoms with Gasteiger partial charge in [0.2, 0.25) is 5.91 Å². The molecule has 0 bridgehead atoms. The molecule has 0 aromatic heterocycles. The van der Waals surface area contributed by atoms with Crippen LogP contribution in [0.5, 0.6) is 0 Å². The van der Waals surface area contributed by atoms with Crippen LogP contribution in [-0.4, -0.2) is 12.5 Å². The number of nitrogens with one attached hydrogen (secondary N) is 1. The van der Waals surface area contributed by atoms with Gasteiger partial charge in [0.15, 0.2) is 0 Å². The van der Waals surface area contributed by atoms with Crippen LogP contribution < -0.4 is 11.1 Å². The Labute approximate surface area is 113 Å². The maximum absolute atomic E-state index is 12.0. The van der Waals surface area contributed by atoms with Crippen molar-refractivity contribution < 1.29 is 4.79 Å². The fourth-order valence-corrected chi connectivity index (χ4v) is 2.58. The van der Waals surface area contributed by atoms with Gasteiger partial charge in [0.1, 0.15) is 0 Å². The number of benzene rings is 1. The third-order valence-electron chi connectivity index (χ3n) is 3.92. The summed E-state index contributed by atoms with van der Waals surface area (Å²) in [6, 6.07) is 5.53. The average molecular weight is 267 g/mol. The van der Waals surface area contributed by atoms with Gasteiger partial charge in [0.05, 0.1) is 0 Å². The van der Waals surface area contributed by atoms with Gasteiger partial charge in [0.25, 0.3) is 0 Å². The largest absolute Gasteiger partial charge is 0.330 e. The molecule has 0 spiro atoms. The zero-order chi connectivity index (χ0) is 13.2. The van der Waals surface area contributed by atoms with E-state index in [4.69, 9.17) is 17.3 Å². The molecule has 0 saturated heterocycles. The number of rotatable bonds is 4. The number of amides is 1. The van der Waals surface area contributed by atoms with Gasteiger partial charge in [0, 0.05) is 17.1 Å². The second kappa shape index (κ2) is 5.29.